The number of rotatable bonds is 4. The number of hydrogen-bond acceptors (Lipinski definition) is 3. The van der Waals surface area contributed by atoms with Crippen LogP contribution in [0.4, 0.5) is 4.39 Å². The van der Waals surface area contributed by atoms with Gasteiger partial charge >= 0.3 is 0 Å². The van der Waals surface area contributed by atoms with E-state index in [0.29, 0.717) is 23.7 Å². The van der Waals surface area contributed by atoms with Gasteiger partial charge in [0.25, 0.3) is 5.91 Å². The van der Waals surface area contributed by atoms with Gasteiger partial charge in [-0.2, -0.15) is 0 Å². The molecule has 5 heteroatoms. The summed E-state index contributed by atoms with van der Waals surface area (Å²) in [6.45, 7) is 0.516. The first-order chi connectivity index (χ1) is 10.1. The lowest BCUT2D eigenvalue weighted by Crippen LogP contribution is -2.32. The molecule has 0 bridgehead atoms. The molecular weight excluding hydrogens is 269 g/mol. The van der Waals surface area contributed by atoms with Crippen molar-refractivity contribution in [1.29, 1.82) is 0 Å². The lowest BCUT2D eigenvalue weighted by Gasteiger charge is -2.27. The Morgan fingerprint density at radius 2 is 2.00 bits per heavy atom. The lowest BCUT2D eigenvalue weighted by molar-refractivity contribution is 0.0953. The molecule has 21 heavy (non-hydrogen) atoms. The smallest absolute Gasteiger partial charge is 0.265 e. The van der Waals surface area contributed by atoms with E-state index in [9.17, 15) is 9.18 Å². The highest BCUT2D eigenvalue weighted by Crippen LogP contribution is 2.23. The van der Waals surface area contributed by atoms with E-state index in [0.717, 1.165) is 0 Å². The number of hydrazine groups is 1. The van der Waals surface area contributed by atoms with Crippen LogP contribution in [0.5, 0.6) is 0 Å². The van der Waals surface area contributed by atoms with Gasteiger partial charge in [-0.25, -0.2) is 10.2 Å². The highest BCUT2D eigenvalue weighted by molar-refractivity contribution is 5.93. The van der Waals surface area contributed by atoms with Crippen molar-refractivity contribution in [2.45, 2.75) is 51.1 Å². The molecule has 1 saturated carbocycles. The minimum absolute atomic E-state index is 0.274. The van der Waals surface area contributed by atoms with Crippen molar-refractivity contribution in [3.8, 4) is 0 Å². The fraction of sp³-hybridized carbons (Fsp3) is 0.562. The molecule has 116 valence electrons. The minimum atomic E-state index is -0.395. The maximum atomic E-state index is 14.0. The number of carbonyl (C=O) groups excluding carboxylic acids is 1. The maximum absolute atomic E-state index is 14.0. The van der Waals surface area contributed by atoms with Gasteiger partial charge in [0.2, 0.25) is 0 Å². The molecule has 1 aromatic carbocycles. The van der Waals surface area contributed by atoms with Crippen LogP contribution in [0.1, 0.15) is 54.4 Å². The minimum Gasteiger partial charge on any atom is -0.299 e. The molecule has 0 atom stereocenters. The van der Waals surface area contributed by atoms with Crippen LogP contribution in [0.25, 0.3) is 0 Å². The number of benzene rings is 1. The third kappa shape index (κ3) is 4.25. The summed E-state index contributed by atoms with van der Waals surface area (Å²) in [6.07, 6.45) is 7.41. The quantitative estimate of drug-likeness (QED) is 0.388. The Balaban J connectivity index is 2.08. The number of nitrogen functional groups attached to an aromatic ring is 1. The molecule has 0 spiro atoms. The van der Waals surface area contributed by atoms with Crippen molar-refractivity contribution in [3.05, 3.63) is 35.1 Å². The second-order valence-electron chi connectivity index (χ2n) is 5.84. The molecule has 1 aliphatic rings. The number of nitrogens with zero attached hydrogens (tertiary/aromatic N) is 1. The van der Waals surface area contributed by atoms with Crippen LogP contribution in [0, 0.1) is 5.82 Å². The summed E-state index contributed by atoms with van der Waals surface area (Å²) >= 11 is 0. The van der Waals surface area contributed by atoms with Gasteiger partial charge in [0.1, 0.15) is 5.82 Å². The average molecular weight is 293 g/mol. The molecule has 4 nitrogen and oxygen atoms in total. The summed E-state index contributed by atoms with van der Waals surface area (Å²) in [5.41, 5.74) is 3.01. The number of nitrogens with two attached hydrogens (primary N) is 1. The van der Waals surface area contributed by atoms with E-state index in [4.69, 9.17) is 5.84 Å². The third-order valence-corrected chi connectivity index (χ3v) is 4.31. The zero-order chi connectivity index (χ0) is 15.2. The first-order valence-electron chi connectivity index (χ1n) is 7.61. The van der Waals surface area contributed by atoms with E-state index < -0.39 is 5.91 Å². The van der Waals surface area contributed by atoms with Crippen molar-refractivity contribution >= 4 is 5.91 Å². The fourth-order valence-corrected chi connectivity index (χ4v) is 3.02. The highest BCUT2D eigenvalue weighted by Gasteiger charge is 2.18. The highest BCUT2D eigenvalue weighted by atomic mass is 19.1. The van der Waals surface area contributed by atoms with Gasteiger partial charge in [-0.1, -0.05) is 25.7 Å². The Bertz CT molecular complexity index is 484. The molecule has 1 aliphatic carbocycles. The van der Waals surface area contributed by atoms with Crippen molar-refractivity contribution in [2.75, 3.05) is 7.05 Å². The maximum Gasteiger partial charge on any atom is 0.265 e. The number of carbonyl (C=O) groups is 1. The third-order valence-electron chi connectivity index (χ3n) is 4.31. The van der Waals surface area contributed by atoms with Crippen molar-refractivity contribution < 1.29 is 9.18 Å². The first-order valence-corrected chi connectivity index (χ1v) is 7.61. The van der Waals surface area contributed by atoms with Crippen LogP contribution in [0.2, 0.25) is 0 Å². The van der Waals surface area contributed by atoms with Gasteiger partial charge in [-0.15, -0.1) is 0 Å². The van der Waals surface area contributed by atoms with Gasteiger partial charge in [0, 0.05) is 23.7 Å². The second-order valence-corrected chi connectivity index (χ2v) is 5.84. The Hall–Kier alpha value is -1.46. The Kier molecular flexibility index (Phi) is 5.70. The predicted octanol–water partition coefficient (Wildman–Crippen LogP) is 2.58. The van der Waals surface area contributed by atoms with Crippen LogP contribution in [-0.2, 0) is 6.54 Å². The molecule has 0 heterocycles. The predicted molar refractivity (Wildman–Crippen MR) is 81.0 cm³/mol. The van der Waals surface area contributed by atoms with Crippen LogP contribution in [-0.4, -0.2) is 23.9 Å². The molecule has 0 aliphatic heterocycles. The van der Waals surface area contributed by atoms with E-state index in [1.807, 2.05) is 7.05 Å². The summed E-state index contributed by atoms with van der Waals surface area (Å²) in [4.78, 5) is 13.7. The van der Waals surface area contributed by atoms with E-state index in [-0.39, 0.29) is 5.82 Å². The lowest BCUT2D eigenvalue weighted by atomic mass is 10.1. The van der Waals surface area contributed by atoms with Gasteiger partial charge in [-0.3, -0.25) is 15.1 Å². The van der Waals surface area contributed by atoms with Gasteiger partial charge in [-0.05, 0) is 38.1 Å². The van der Waals surface area contributed by atoms with Crippen molar-refractivity contribution in [1.82, 2.24) is 10.3 Å². The topological polar surface area (TPSA) is 58.4 Å². The Morgan fingerprint density at radius 3 is 2.62 bits per heavy atom. The van der Waals surface area contributed by atoms with Crippen molar-refractivity contribution in [3.63, 3.8) is 0 Å². The van der Waals surface area contributed by atoms with Crippen LogP contribution in [0.15, 0.2) is 18.2 Å². The normalized spacial score (nSPS) is 16.8. The van der Waals surface area contributed by atoms with Crippen LogP contribution in [0.3, 0.4) is 0 Å². The molecular formula is C16H24FN3O. The van der Waals surface area contributed by atoms with Crippen molar-refractivity contribution in [2.24, 2.45) is 5.84 Å². The molecule has 2 rings (SSSR count). The Morgan fingerprint density at radius 1 is 1.33 bits per heavy atom. The SMILES string of the molecule is CN(Cc1cc(C(=O)NN)ccc1F)C1CCCCCC1. The summed E-state index contributed by atoms with van der Waals surface area (Å²) < 4.78 is 14.0. The molecule has 1 fully saturated rings. The Labute approximate surface area is 125 Å². The zero-order valence-electron chi connectivity index (χ0n) is 12.6. The van der Waals surface area contributed by atoms with E-state index >= 15 is 0 Å². The monoisotopic (exact) mass is 293 g/mol. The molecule has 0 saturated heterocycles. The summed E-state index contributed by atoms with van der Waals surface area (Å²) in [5, 5.41) is 0. The number of amides is 1. The van der Waals surface area contributed by atoms with Crippen LogP contribution < -0.4 is 11.3 Å². The first kappa shape index (κ1) is 15.9. The summed E-state index contributed by atoms with van der Waals surface area (Å²) in [5.74, 6) is 4.45. The number of nitrogens with one attached hydrogen (secondary N) is 1. The summed E-state index contributed by atoms with van der Waals surface area (Å²) in [6, 6.07) is 4.87. The molecule has 0 aromatic heterocycles. The molecule has 0 radical (unpaired) electrons. The fourth-order valence-electron chi connectivity index (χ4n) is 3.02. The molecule has 1 aromatic rings. The number of hydrogen-bond donors (Lipinski definition) is 2. The molecule has 0 unspecified atom stereocenters. The summed E-state index contributed by atoms with van der Waals surface area (Å²) in [7, 11) is 2.03. The zero-order valence-corrected chi connectivity index (χ0v) is 12.6. The van der Waals surface area contributed by atoms with Crippen LogP contribution >= 0.6 is 0 Å². The van der Waals surface area contributed by atoms with Gasteiger partial charge in [0.15, 0.2) is 0 Å². The van der Waals surface area contributed by atoms with Gasteiger partial charge < -0.3 is 0 Å². The van der Waals surface area contributed by atoms with E-state index in [1.54, 1.807) is 6.07 Å². The van der Waals surface area contributed by atoms with Gasteiger partial charge in [0.05, 0.1) is 0 Å². The second kappa shape index (κ2) is 7.52. The standard InChI is InChI=1S/C16H24FN3O/c1-20(14-6-4-2-3-5-7-14)11-13-10-12(16(21)19-18)8-9-15(13)17/h8-10,14H,2-7,11,18H2,1H3,(H,19,21). The number of halogens is 1. The van der Waals surface area contributed by atoms with E-state index in [2.05, 4.69) is 10.3 Å². The largest absolute Gasteiger partial charge is 0.299 e. The molecule has 1 amide bonds. The molecule has 3 N–H and O–H groups in total. The van der Waals surface area contributed by atoms with E-state index in [1.165, 1.54) is 50.7 Å². The average Bonchev–Trinajstić information content (AvgIpc) is 2.77.